The van der Waals surface area contributed by atoms with Crippen LogP contribution in [0.25, 0.3) is 11.3 Å². The maximum absolute atomic E-state index is 11.1. The molecule has 0 bridgehead atoms. The Kier molecular flexibility index (Phi) is 5.02. The Morgan fingerprint density at radius 3 is 2.61 bits per heavy atom. The Bertz CT molecular complexity index is 1250. The molecular weight excluding hydrogens is 477 g/mol. The van der Waals surface area contributed by atoms with E-state index < -0.39 is 5.60 Å². The molecular formula is C24H25Cl2N5OS. The topological polar surface area (TPSA) is 88.2 Å². The summed E-state index contributed by atoms with van der Waals surface area (Å²) < 4.78 is 0. The highest BCUT2D eigenvalue weighted by Crippen LogP contribution is 2.53. The van der Waals surface area contributed by atoms with E-state index in [-0.39, 0.29) is 11.5 Å². The van der Waals surface area contributed by atoms with Crippen molar-refractivity contribution in [2.75, 3.05) is 18.0 Å². The Hall–Kier alpha value is -1.77. The van der Waals surface area contributed by atoms with Crippen LogP contribution < -0.4 is 10.6 Å². The van der Waals surface area contributed by atoms with E-state index in [0.29, 0.717) is 34.3 Å². The van der Waals surface area contributed by atoms with Gasteiger partial charge in [-0.1, -0.05) is 35.3 Å². The van der Waals surface area contributed by atoms with E-state index in [1.54, 1.807) is 17.4 Å². The molecule has 0 unspecified atom stereocenters. The van der Waals surface area contributed by atoms with Crippen molar-refractivity contribution in [2.24, 2.45) is 11.1 Å². The zero-order valence-electron chi connectivity index (χ0n) is 18.3. The number of anilines is 1. The highest BCUT2D eigenvalue weighted by Gasteiger charge is 2.50. The average molecular weight is 502 g/mol. The first-order chi connectivity index (χ1) is 15.8. The normalized spacial score (nSPS) is 22.6. The van der Waals surface area contributed by atoms with Gasteiger partial charge in [-0.05, 0) is 50.5 Å². The third kappa shape index (κ3) is 3.40. The van der Waals surface area contributed by atoms with Crippen molar-refractivity contribution in [2.45, 2.75) is 50.7 Å². The number of aryl methyl sites for hydroxylation is 1. The van der Waals surface area contributed by atoms with Gasteiger partial charge in [0.15, 0.2) is 5.82 Å². The predicted molar refractivity (Wildman–Crippen MR) is 132 cm³/mol. The fourth-order valence-electron chi connectivity index (χ4n) is 5.37. The van der Waals surface area contributed by atoms with Crippen LogP contribution in [0, 0.1) is 12.3 Å². The van der Waals surface area contributed by atoms with Crippen LogP contribution in [0.2, 0.25) is 10.0 Å². The Morgan fingerprint density at radius 1 is 1.15 bits per heavy atom. The molecule has 33 heavy (non-hydrogen) atoms. The Labute approximate surface area is 206 Å². The zero-order chi connectivity index (χ0) is 23.0. The quantitative estimate of drug-likeness (QED) is 0.522. The van der Waals surface area contributed by atoms with Crippen molar-refractivity contribution < 1.29 is 5.11 Å². The number of halogens is 2. The summed E-state index contributed by atoms with van der Waals surface area (Å²) in [5.74, 6) is 0.781. The van der Waals surface area contributed by atoms with Gasteiger partial charge in [-0.3, -0.25) is 0 Å². The molecule has 3 heterocycles. The summed E-state index contributed by atoms with van der Waals surface area (Å²) >= 11 is 14.4. The SMILES string of the molecule is Cc1nc(N2CCC3(CC2)Cc2ncsc2[C@H]3N)c(C2(O)CC2)nc1-c1cccc(Cl)c1Cl. The van der Waals surface area contributed by atoms with Gasteiger partial charge in [-0.15, -0.1) is 11.3 Å². The number of piperidine rings is 1. The van der Waals surface area contributed by atoms with Crippen molar-refractivity contribution >= 4 is 40.4 Å². The van der Waals surface area contributed by atoms with Crippen LogP contribution in [0.1, 0.15) is 53.7 Å². The molecule has 0 radical (unpaired) electrons. The molecule has 2 aromatic heterocycles. The molecule has 6 nitrogen and oxygen atoms in total. The Morgan fingerprint density at radius 2 is 1.91 bits per heavy atom. The molecule has 1 atom stereocenters. The van der Waals surface area contributed by atoms with Gasteiger partial charge in [-0.2, -0.15) is 0 Å². The van der Waals surface area contributed by atoms with Gasteiger partial charge < -0.3 is 15.7 Å². The fraction of sp³-hybridized carbons (Fsp3) is 0.458. The first-order valence-corrected chi connectivity index (χ1v) is 12.9. The molecule has 2 aliphatic carbocycles. The predicted octanol–water partition coefficient (Wildman–Crippen LogP) is 5.04. The third-order valence-corrected chi connectivity index (χ3v) is 9.39. The van der Waals surface area contributed by atoms with E-state index in [2.05, 4.69) is 9.88 Å². The van der Waals surface area contributed by atoms with Crippen LogP contribution in [0.15, 0.2) is 23.7 Å². The Balaban J connectivity index is 1.34. The summed E-state index contributed by atoms with van der Waals surface area (Å²) in [7, 11) is 0. The number of aliphatic hydroxyl groups is 1. The van der Waals surface area contributed by atoms with Crippen LogP contribution in [0.3, 0.4) is 0 Å². The number of thiazole rings is 1. The van der Waals surface area contributed by atoms with Crippen molar-refractivity contribution in [1.82, 2.24) is 15.0 Å². The molecule has 3 aliphatic rings. The van der Waals surface area contributed by atoms with Crippen molar-refractivity contribution in [3.63, 3.8) is 0 Å². The van der Waals surface area contributed by atoms with Crippen molar-refractivity contribution in [3.8, 4) is 11.3 Å². The summed E-state index contributed by atoms with van der Waals surface area (Å²) in [5.41, 5.74) is 11.7. The van der Waals surface area contributed by atoms with Crippen LogP contribution >= 0.6 is 34.5 Å². The first-order valence-electron chi connectivity index (χ1n) is 11.3. The minimum absolute atomic E-state index is 0.0504. The van der Waals surface area contributed by atoms with E-state index in [9.17, 15) is 5.11 Å². The van der Waals surface area contributed by atoms with E-state index >= 15 is 0 Å². The number of aromatic nitrogens is 3. The third-order valence-electron chi connectivity index (χ3n) is 7.62. The van der Waals surface area contributed by atoms with Crippen molar-refractivity contribution in [3.05, 3.63) is 55.7 Å². The molecule has 9 heteroatoms. The summed E-state index contributed by atoms with van der Waals surface area (Å²) in [4.78, 5) is 18.0. The fourth-order valence-corrected chi connectivity index (χ4v) is 6.72. The lowest BCUT2D eigenvalue weighted by atomic mass is 9.74. The zero-order valence-corrected chi connectivity index (χ0v) is 20.6. The maximum Gasteiger partial charge on any atom is 0.153 e. The van der Waals surface area contributed by atoms with Gasteiger partial charge in [0.1, 0.15) is 11.3 Å². The molecule has 0 amide bonds. The molecule has 172 valence electrons. The number of fused-ring (bicyclic) bond motifs is 1. The highest BCUT2D eigenvalue weighted by atomic mass is 35.5. The molecule has 6 rings (SSSR count). The standard InChI is InChI=1S/C24H25Cl2N5OS/c1-13-18(14-3-2-4-15(25)17(14)26)30-21(24(32)5-6-24)22(29-13)31-9-7-23(8-10-31)11-16-19(20(23)27)33-12-28-16/h2-4,12,20,32H,5-11,27H2,1H3/t20-/m1/s1. The summed E-state index contributed by atoms with van der Waals surface area (Å²) in [6.07, 6.45) is 4.27. The first kappa shape index (κ1) is 21.7. The second-order valence-electron chi connectivity index (χ2n) is 9.63. The molecule has 2 fully saturated rings. The van der Waals surface area contributed by atoms with E-state index in [4.69, 9.17) is 38.9 Å². The van der Waals surface area contributed by atoms with Gasteiger partial charge in [0.2, 0.25) is 0 Å². The molecule has 3 aromatic rings. The van der Waals surface area contributed by atoms with Crippen LogP contribution in [0.4, 0.5) is 5.82 Å². The van der Waals surface area contributed by atoms with Crippen LogP contribution in [-0.2, 0) is 12.0 Å². The maximum atomic E-state index is 11.1. The summed E-state index contributed by atoms with van der Waals surface area (Å²) in [5, 5.41) is 12.0. The van der Waals surface area contributed by atoms with Crippen LogP contribution in [-0.4, -0.2) is 33.1 Å². The monoisotopic (exact) mass is 501 g/mol. The smallest absolute Gasteiger partial charge is 0.153 e. The molecule has 1 aliphatic heterocycles. The molecule has 1 saturated heterocycles. The summed E-state index contributed by atoms with van der Waals surface area (Å²) in [6.45, 7) is 3.60. The number of rotatable bonds is 3. The van der Waals surface area contributed by atoms with Gasteiger partial charge >= 0.3 is 0 Å². The van der Waals surface area contributed by atoms with E-state index in [1.807, 2.05) is 24.6 Å². The van der Waals surface area contributed by atoms with Gasteiger partial charge in [0, 0.05) is 29.6 Å². The number of nitrogens with two attached hydrogens (primary N) is 1. The highest BCUT2D eigenvalue weighted by molar-refractivity contribution is 7.09. The van der Waals surface area contributed by atoms with Crippen molar-refractivity contribution in [1.29, 1.82) is 0 Å². The lowest BCUT2D eigenvalue weighted by Gasteiger charge is -2.43. The van der Waals surface area contributed by atoms with E-state index in [0.717, 1.165) is 49.4 Å². The van der Waals surface area contributed by atoms with Crippen LogP contribution in [0.5, 0.6) is 0 Å². The van der Waals surface area contributed by atoms with Gasteiger partial charge in [-0.25, -0.2) is 15.0 Å². The van der Waals surface area contributed by atoms with Gasteiger partial charge in [0.05, 0.1) is 32.6 Å². The second-order valence-corrected chi connectivity index (χ2v) is 11.3. The summed E-state index contributed by atoms with van der Waals surface area (Å²) in [6, 6.07) is 5.55. The van der Waals surface area contributed by atoms with Gasteiger partial charge in [0.25, 0.3) is 0 Å². The number of benzene rings is 1. The average Bonchev–Trinajstić information content (AvgIpc) is 3.30. The molecule has 1 spiro atoms. The lowest BCUT2D eigenvalue weighted by molar-refractivity contribution is 0.145. The lowest BCUT2D eigenvalue weighted by Crippen LogP contribution is -2.45. The second kappa shape index (κ2) is 7.62. The minimum atomic E-state index is -0.928. The molecule has 1 aromatic carbocycles. The number of hydrogen-bond donors (Lipinski definition) is 2. The molecule has 1 saturated carbocycles. The number of hydrogen-bond acceptors (Lipinski definition) is 7. The molecule has 3 N–H and O–H groups in total. The number of nitrogens with zero attached hydrogens (tertiary/aromatic N) is 4. The minimum Gasteiger partial charge on any atom is -0.383 e. The van der Waals surface area contributed by atoms with E-state index in [1.165, 1.54) is 10.6 Å². The largest absolute Gasteiger partial charge is 0.383 e.